The van der Waals surface area contributed by atoms with Gasteiger partial charge in [0.1, 0.15) is 5.82 Å². The van der Waals surface area contributed by atoms with E-state index in [0.717, 1.165) is 37.7 Å². The van der Waals surface area contributed by atoms with E-state index < -0.39 is 0 Å². The third kappa shape index (κ3) is 3.52. The number of likely N-dealkylation sites (N-methyl/N-ethyl adjacent to an activating group) is 2. The van der Waals surface area contributed by atoms with E-state index in [-0.39, 0.29) is 0 Å². The maximum Gasteiger partial charge on any atom is 0.103 e. The second kappa shape index (κ2) is 5.62. The predicted octanol–water partition coefficient (Wildman–Crippen LogP) is 0.0535. The molecule has 1 unspecified atom stereocenters. The van der Waals surface area contributed by atoms with Gasteiger partial charge in [-0.1, -0.05) is 0 Å². The lowest BCUT2D eigenvalue weighted by atomic mass is 10.2. The van der Waals surface area contributed by atoms with Crippen LogP contribution in [0.2, 0.25) is 0 Å². The molecule has 1 aliphatic heterocycles. The lowest BCUT2D eigenvalue weighted by Crippen LogP contribution is -2.53. The molecule has 17 heavy (non-hydrogen) atoms. The largest absolute Gasteiger partial charge is 0.345 e. The van der Waals surface area contributed by atoms with Crippen LogP contribution in [0.4, 0.5) is 0 Å². The SMILES string of the molecule is Cc1ncc(CNCC2CN(C)CCN2C)[nH]1. The van der Waals surface area contributed by atoms with Crippen LogP contribution >= 0.6 is 0 Å². The van der Waals surface area contributed by atoms with Gasteiger partial charge in [0.05, 0.1) is 0 Å². The summed E-state index contributed by atoms with van der Waals surface area (Å²) in [6, 6.07) is 0.609. The Kier molecular flexibility index (Phi) is 4.15. The standard InChI is InChI=1S/C12H23N5/c1-10-14-7-11(15-10)6-13-8-12-9-16(2)4-5-17(12)3/h7,12-13H,4-6,8-9H2,1-3H3,(H,14,15). The Morgan fingerprint density at radius 1 is 1.47 bits per heavy atom. The second-order valence-corrected chi connectivity index (χ2v) is 5.02. The molecule has 2 heterocycles. The Morgan fingerprint density at radius 2 is 2.29 bits per heavy atom. The van der Waals surface area contributed by atoms with Gasteiger partial charge in [0.15, 0.2) is 0 Å². The minimum Gasteiger partial charge on any atom is -0.345 e. The van der Waals surface area contributed by atoms with Crippen LogP contribution in [0.5, 0.6) is 0 Å². The molecule has 1 aliphatic rings. The first-order valence-electron chi connectivity index (χ1n) is 6.25. The second-order valence-electron chi connectivity index (χ2n) is 5.02. The summed E-state index contributed by atoms with van der Waals surface area (Å²) in [6.45, 7) is 7.35. The summed E-state index contributed by atoms with van der Waals surface area (Å²) in [7, 11) is 4.40. The van der Waals surface area contributed by atoms with Crippen molar-refractivity contribution in [2.75, 3.05) is 40.3 Å². The minimum absolute atomic E-state index is 0.609. The zero-order valence-electron chi connectivity index (χ0n) is 11.0. The number of H-pyrrole nitrogens is 1. The lowest BCUT2D eigenvalue weighted by molar-refractivity contribution is 0.113. The summed E-state index contributed by atoms with van der Waals surface area (Å²) in [5.74, 6) is 0.983. The van der Waals surface area contributed by atoms with E-state index in [1.54, 1.807) is 0 Å². The van der Waals surface area contributed by atoms with E-state index in [1.807, 2.05) is 13.1 Å². The zero-order valence-corrected chi connectivity index (χ0v) is 11.0. The number of imidazole rings is 1. The molecule has 0 amide bonds. The average molecular weight is 237 g/mol. The van der Waals surface area contributed by atoms with Gasteiger partial charge in [0.25, 0.3) is 0 Å². The first kappa shape index (κ1) is 12.5. The zero-order chi connectivity index (χ0) is 12.3. The van der Waals surface area contributed by atoms with Crippen molar-refractivity contribution in [1.82, 2.24) is 25.1 Å². The maximum atomic E-state index is 4.19. The highest BCUT2D eigenvalue weighted by atomic mass is 15.3. The molecule has 96 valence electrons. The van der Waals surface area contributed by atoms with Crippen molar-refractivity contribution in [3.05, 3.63) is 17.7 Å². The number of aromatic amines is 1. The molecule has 2 N–H and O–H groups in total. The fraction of sp³-hybridized carbons (Fsp3) is 0.750. The van der Waals surface area contributed by atoms with E-state index in [2.05, 4.69) is 39.2 Å². The molecule has 1 aromatic rings. The van der Waals surface area contributed by atoms with Crippen LogP contribution in [-0.4, -0.2) is 66.1 Å². The van der Waals surface area contributed by atoms with Gasteiger partial charge in [-0.15, -0.1) is 0 Å². The fourth-order valence-electron chi connectivity index (χ4n) is 2.26. The quantitative estimate of drug-likeness (QED) is 0.777. The molecule has 1 aromatic heterocycles. The normalized spacial score (nSPS) is 23.1. The molecule has 0 spiro atoms. The summed E-state index contributed by atoms with van der Waals surface area (Å²) < 4.78 is 0. The Hall–Kier alpha value is -0.910. The Bertz CT molecular complexity index is 348. The number of aromatic nitrogens is 2. The van der Waals surface area contributed by atoms with Gasteiger partial charge in [-0.25, -0.2) is 4.98 Å². The molecular weight excluding hydrogens is 214 g/mol. The molecule has 5 heteroatoms. The van der Waals surface area contributed by atoms with Gasteiger partial charge < -0.3 is 15.2 Å². The van der Waals surface area contributed by atoms with Crippen LogP contribution in [-0.2, 0) is 6.54 Å². The van der Waals surface area contributed by atoms with Crippen molar-refractivity contribution in [3.63, 3.8) is 0 Å². The average Bonchev–Trinajstić information content (AvgIpc) is 2.69. The summed E-state index contributed by atoms with van der Waals surface area (Å²) in [5, 5.41) is 3.50. The first-order valence-corrected chi connectivity index (χ1v) is 6.25. The summed E-state index contributed by atoms with van der Waals surface area (Å²) >= 11 is 0. The van der Waals surface area contributed by atoms with E-state index in [4.69, 9.17) is 0 Å². The van der Waals surface area contributed by atoms with Gasteiger partial charge in [-0.05, 0) is 21.0 Å². The van der Waals surface area contributed by atoms with Gasteiger partial charge >= 0.3 is 0 Å². The van der Waals surface area contributed by atoms with Crippen LogP contribution in [0.25, 0.3) is 0 Å². The highest BCUT2D eigenvalue weighted by Crippen LogP contribution is 2.05. The molecule has 0 aliphatic carbocycles. The summed E-state index contributed by atoms with van der Waals surface area (Å²) in [4.78, 5) is 12.3. The molecule has 0 radical (unpaired) electrons. The van der Waals surface area contributed by atoms with E-state index in [1.165, 1.54) is 6.54 Å². The number of nitrogens with zero attached hydrogens (tertiary/aromatic N) is 3. The number of hydrogen-bond acceptors (Lipinski definition) is 4. The van der Waals surface area contributed by atoms with Crippen LogP contribution < -0.4 is 5.32 Å². The number of aryl methyl sites for hydroxylation is 1. The molecule has 0 aromatic carbocycles. The van der Waals surface area contributed by atoms with Crippen molar-refractivity contribution < 1.29 is 0 Å². The molecular formula is C12H23N5. The first-order chi connectivity index (χ1) is 8.15. The van der Waals surface area contributed by atoms with Crippen LogP contribution in [0.3, 0.4) is 0 Å². The Labute approximate surface area is 103 Å². The summed E-state index contributed by atoms with van der Waals surface area (Å²) in [5.41, 5.74) is 1.16. The minimum atomic E-state index is 0.609. The number of rotatable bonds is 4. The lowest BCUT2D eigenvalue weighted by Gasteiger charge is -2.37. The topological polar surface area (TPSA) is 47.2 Å². The van der Waals surface area contributed by atoms with Crippen molar-refractivity contribution >= 4 is 0 Å². The van der Waals surface area contributed by atoms with Gasteiger partial charge in [0, 0.05) is 50.7 Å². The predicted molar refractivity (Wildman–Crippen MR) is 68.9 cm³/mol. The Morgan fingerprint density at radius 3 is 3.00 bits per heavy atom. The highest BCUT2D eigenvalue weighted by Gasteiger charge is 2.21. The Balaban J connectivity index is 1.74. The van der Waals surface area contributed by atoms with Gasteiger partial charge in [0.2, 0.25) is 0 Å². The maximum absolute atomic E-state index is 4.19. The monoisotopic (exact) mass is 237 g/mol. The van der Waals surface area contributed by atoms with E-state index in [0.29, 0.717) is 6.04 Å². The van der Waals surface area contributed by atoms with Crippen molar-refractivity contribution in [3.8, 4) is 0 Å². The fourth-order valence-corrected chi connectivity index (χ4v) is 2.26. The molecule has 0 bridgehead atoms. The van der Waals surface area contributed by atoms with Gasteiger partial charge in [-0.3, -0.25) is 4.90 Å². The molecule has 5 nitrogen and oxygen atoms in total. The number of hydrogen-bond donors (Lipinski definition) is 2. The molecule has 1 fully saturated rings. The highest BCUT2D eigenvalue weighted by molar-refractivity contribution is 4.99. The third-order valence-electron chi connectivity index (χ3n) is 3.43. The van der Waals surface area contributed by atoms with Crippen LogP contribution in [0.1, 0.15) is 11.5 Å². The molecule has 1 atom stereocenters. The molecule has 2 rings (SSSR count). The van der Waals surface area contributed by atoms with Crippen molar-refractivity contribution in [1.29, 1.82) is 0 Å². The molecule has 1 saturated heterocycles. The van der Waals surface area contributed by atoms with E-state index >= 15 is 0 Å². The van der Waals surface area contributed by atoms with Gasteiger partial charge in [-0.2, -0.15) is 0 Å². The smallest absolute Gasteiger partial charge is 0.103 e. The number of piperazine rings is 1. The number of nitrogens with one attached hydrogen (secondary N) is 2. The van der Waals surface area contributed by atoms with Crippen molar-refractivity contribution in [2.24, 2.45) is 0 Å². The summed E-state index contributed by atoms with van der Waals surface area (Å²) in [6.07, 6.45) is 1.90. The molecule has 0 saturated carbocycles. The van der Waals surface area contributed by atoms with E-state index in [9.17, 15) is 0 Å². The third-order valence-corrected chi connectivity index (χ3v) is 3.43. The van der Waals surface area contributed by atoms with Crippen LogP contribution in [0, 0.1) is 6.92 Å². The van der Waals surface area contributed by atoms with Crippen molar-refractivity contribution in [2.45, 2.75) is 19.5 Å². The van der Waals surface area contributed by atoms with Crippen LogP contribution in [0.15, 0.2) is 6.20 Å².